The van der Waals surface area contributed by atoms with E-state index in [0.717, 1.165) is 0 Å². The summed E-state index contributed by atoms with van der Waals surface area (Å²) >= 11 is 0. The van der Waals surface area contributed by atoms with Crippen molar-refractivity contribution in [2.45, 2.75) is 13.7 Å². The van der Waals surface area contributed by atoms with Gasteiger partial charge in [-0.05, 0) is 13.0 Å². The van der Waals surface area contributed by atoms with Gasteiger partial charge in [0.25, 0.3) is 5.91 Å². The summed E-state index contributed by atoms with van der Waals surface area (Å²) in [6.07, 6.45) is 8.11. The van der Waals surface area contributed by atoms with Gasteiger partial charge in [-0.3, -0.25) is 4.79 Å². The molecule has 0 radical (unpaired) electrons. The first-order valence-corrected chi connectivity index (χ1v) is 6.48. The minimum Gasteiger partial charge on any atom is -0.360 e. The van der Waals surface area contributed by atoms with Crippen molar-refractivity contribution in [1.82, 2.24) is 24.4 Å². The Morgan fingerprint density at radius 2 is 2.29 bits per heavy atom. The van der Waals surface area contributed by atoms with Crippen LogP contribution in [0, 0.1) is 0 Å². The van der Waals surface area contributed by atoms with Crippen LogP contribution < -0.4 is 5.32 Å². The molecule has 0 atom stereocenters. The lowest BCUT2D eigenvalue weighted by Gasteiger charge is -2.01. The zero-order chi connectivity index (χ0) is 14.7. The number of fused-ring (bicyclic) bond motifs is 1. The van der Waals surface area contributed by atoms with Crippen LogP contribution in [0.15, 0.2) is 37.1 Å². The van der Waals surface area contributed by atoms with Crippen molar-refractivity contribution in [3.63, 3.8) is 0 Å². The number of anilines is 1. The van der Waals surface area contributed by atoms with Crippen molar-refractivity contribution in [3.8, 4) is 0 Å². The van der Waals surface area contributed by atoms with E-state index < -0.39 is 0 Å². The van der Waals surface area contributed by atoms with Crippen molar-refractivity contribution < 1.29 is 9.53 Å². The van der Waals surface area contributed by atoms with E-state index in [4.69, 9.17) is 4.74 Å². The van der Waals surface area contributed by atoms with Crippen LogP contribution in [-0.2, 0) is 11.5 Å². The molecule has 21 heavy (non-hydrogen) atoms. The molecule has 0 bridgehead atoms. The van der Waals surface area contributed by atoms with Crippen LogP contribution in [0.1, 0.15) is 17.3 Å². The van der Waals surface area contributed by atoms with Gasteiger partial charge in [0, 0.05) is 19.0 Å². The SMILES string of the molecule is CCOCn1cc(NC(=O)c2cnn3cccnc23)cn1. The number of carbonyl (C=O) groups excluding carboxylic acids is 1. The number of nitrogens with one attached hydrogen (secondary N) is 1. The van der Waals surface area contributed by atoms with Crippen molar-refractivity contribution in [3.05, 3.63) is 42.6 Å². The zero-order valence-corrected chi connectivity index (χ0v) is 11.4. The summed E-state index contributed by atoms with van der Waals surface area (Å²) in [5.74, 6) is -0.278. The molecule has 0 spiro atoms. The molecule has 0 aromatic carbocycles. The number of rotatable bonds is 5. The summed E-state index contributed by atoms with van der Waals surface area (Å²) < 4.78 is 8.39. The van der Waals surface area contributed by atoms with Crippen molar-refractivity contribution in [1.29, 1.82) is 0 Å². The maximum atomic E-state index is 12.2. The molecule has 3 heterocycles. The Balaban J connectivity index is 1.75. The smallest absolute Gasteiger partial charge is 0.261 e. The van der Waals surface area contributed by atoms with Crippen molar-refractivity contribution in [2.75, 3.05) is 11.9 Å². The number of nitrogens with zero attached hydrogens (tertiary/aromatic N) is 5. The zero-order valence-electron chi connectivity index (χ0n) is 11.4. The summed E-state index contributed by atoms with van der Waals surface area (Å²) in [6, 6.07) is 1.75. The highest BCUT2D eigenvalue weighted by Crippen LogP contribution is 2.11. The van der Waals surface area contributed by atoms with Gasteiger partial charge in [-0.25, -0.2) is 14.2 Å². The third-order valence-electron chi connectivity index (χ3n) is 2.84. The molecule has 3 aromatic heterocycles. The van der Waals surface area contributed by atoms with Crippen LogP contribution in [0.5, 0.6) is 0 Å². The van der Waals surface area contributed by atoms with Crippen LogP contribution in [0.25, 0.3) is 5.65 Å². The summed E-state index contributed by atoms with van der Waals surface area (Å²) in [5, 5.41) is 10.9. The van der Waals surface area contributed by atoms with E-state index in [2.05, 4.69) is 20.5 Å². The number of ether oxygens (including phenoxy) is 1. The first-order valence-electron chi connectivity index (χ1n) is 6.48. The van der Waals surface area contributed by atoms with Gasteiger partial charge < -0.3 is 10.1 Å². The Kier molecular flexibility index (Phi) is 3.61. The molecule has 8 heteroatoms. The lowest BCUT2D eigenvalue weighted by molar-refractivity contribution is 0.0792. The second kappa shape index (κ2) is 5.71. The van der Waals surface area contributed by atoms with Crippen molar-refractivity contribution >= 4 is 17.2 Å². The molecule has 3 rings (SSSR count). The van der Waals surface area contributed by atoms with E-state index in [1.807, 2.05) is 6.92 Å². The maximum absolute atomic E-state index is 12.2. The number of carbonyl (C=O) groups is 1. The lowest BCUT2D eigenvalue weighted by Crippen LogP contribution is -2.11. The average molecular weight is 286 g/mol. The van der Waals surface area contributed by atoms with Crippen LogP contribution in [0.4, 0.5) is 5.69 Å². The standard InChI is InChI=1S/C13H14N6O2/c1-2-21-9-18-8-10(6-15-18)17-13(20)11-7-16-19-5-3-4-14-12(11)19/h3-8H,2,9H2,1H3,(H,17,20). The van der Waals surface area contributed by atoms with Crippen LogP contribution >= 0.6 is 0 Å². The van der Waals surface area contributed by atoms with Gasteiger partial charge in [-0.2, -0.15) is 10.2 Å². The molecular weight excluding hydrogens is 272 g/mol. The molecular formula is C13H14N6O2. The Labute approximate surface area is 120 Å². The minimum atomic E-state index is -0.278. The molecule has 0 aliphatic carbocycles. The van der Waals surface area contributed by atoms with Gasteiger partial charge in [-0.15, -0.1) is 0 Å². The second-order valence-corrected chi connectivity index (χ2v) is 4.29. The number of hydrogen-bond acceptors (Lipinski definition) is 5. The fourth-order valence-electron chi connectivity index (χ4n) is 1.87. The Hall–Kier alpha value is -2.74. The van der Waals surface area contributed by atoms with E-state index >= 15 is 0 Å². The van der Waals surface area contributed by atoms with Gasteiger partial charge in [-0.1, -0.05) is 0 Å². The third kappa shape index (κ3) is 2.75. The van der Waals surface area contributed by atoms with Gasteiger partial charge in [0.15, 0.2) is 5.65 Å². The quantitative estimate of drug-likeness (QED) is 0.761. The summed E-state index contributed by atoms with van der Waals surface area (Å²) in [5.41, 5.74) is 1.51. The predicted molar refractivity (Wildman–Crippen MR) is 74.8 cm³/mol. The molecule has 0 saturated heterocycles. The Bertz CT molecular complexity index is 763. The maximum Gasteiger partial charge on any atom is 0.261 e. The molecule has 3 aromatic rings. The Morgan fingerprint density at radius 1 is 1.38 bits per heavy atom. The van der Waals surface area contributed by atoms with E-state index in [1.54, 1.807) is 40.1 Å². The van der Waals surface area contributed by atoms with Crippen LogP contribution in [-0.4, -0.2) is 36.9 Å². The largest absolute Gasteiger partial charge is 0.360 e. The molecule has 8 nitrogen and oxygen atoms in total. The van der Waals surface area contributed by atoms with Gasteiger partial charge in [0.05, 0.1) is 24.3 Å². The molecule has 108 valence electrons. The Morgan fingerprint density at radius 3 is 3.14 bits per heavy atom. The average Bonchev–Trinajstić information content (AvgIpc) is 3.11. The predicted octanol–water partition coefficient (Wildman–Crippen LogP) is 1.17. The molecule has 0 saturated carbocycles. The first kappa shape index (κ1) is 13.3. The summed E-state index contributed by atoms with van der Waals surface area (Å²) in [6.45, 7) is 2.87. The van der Waals surface area contributed by atoms with Gasteiger partial charge >= 0.3 is 0 Å². The van der Waals surface area contributed by atoms with E-state index in [1.165, 1.54) is 6.20 Å². The second-order valence-electron chi connectivity index (χ2n) is 4.29. The molecule has 0 aliphatic heterocycles. The molecule has 1 N–H and O–H groups in total. The summed E-state index contributed by atoms with van der Waals surface area (Å²) in [7, 11) is 0. The lowest BCUT2D eigenvalue weighted by atomic mass is 10.3. The number of hydrogen-bond donors (Lipinski definition) is 1. The molecule has 0 fully saturated rings. The summed E-state index contributed by atoms with van der Waals surface area (Å²) in [4.78, 5) is 16.4. The monoisotopic (exact) mass is 286 g/mol. The number of aromatic nitrogens is 5. The highest BCUT2D eigenvalue weighted by Gasteiger charge is 2.14. The molecule has 0 unspecified atom stereocenters. The molecule has 1 amide bonds. The molecule has 0 aliphatic rings. The van der Waals surface area contributed by atoms with E-state index in [9.17, 15) is 4.79 Å². The highest BCUT2D eigenvalue weighted by atomic mass is 16.5. The fourth-order valence-corrected chi connectivity index (χ4v) is 1.87. The van der Waals surface area contributed by atoms with Gasteiger partial charge in [0.2, 0.25) is 0 Å². The first-order chi connectivity index (χ1) is 10.3. The van der Waals surface area contributed by atoms with Crippen LogP contribution in [0.2, 0.25) is 0 Å². The van der Waals surface area contributed by atoms with Crippen molar-refractivity contribution in [2.24, 2.45) is 0 Å². The topological polar surface area (TPSA) is 86.3 Å². The highest BCUT2D eigenvalue weighted by molar-refractivity contribution is 6.07. The van der Waals surface area contributed by atoms with E-state index in [0.29, 0.717) is 30.2 Å². The third-order valence-corrected chi connectivity index (χ3v) is 2.84. The van der Waals surface area contributed by atoms with Crippen LogP contribution in [0.3, 0.4) is 0 Å². The van der Waals surface area contributed by atoms with E-state index in [-0.39, 0.29) is 5.91 Å². The number of amides is 1. The minimum absolute atomic E-state index is 0.278. The van der Waals surface area contributed by atoms with Gasteiger partial charge in [0.1, 0.15) is 12.3 Å². The normalized spacial score (nSPS) is 10.9. The fraction of sp³-hybridized carbons (Fsp3) is 0.231.